The van der Waals surface area contributed by atoms with Crippen LogP contribution in [0.4, 0.5) is 0 Å². The summed E-state index contributed by atoms with van der Waals surface area (Å²) < 4.78 is 20.2. The van der Waals surface area contributed by atoms with Gasteiger partial charge in [-0.05, 0) is 54.5 Å². The lowest BCUT2D eigenvalue weighted by molar-refractivity contribution is -0.138. The van der Waals surface area contributed by atoms with Crippen molar-refractivity contribution in [2.24, 2.45) is 4.99 Å². The van der Waals surface area contributed by atoms with Crippen LogP contribution in [0, 0.1) is 0 Å². The van der Waals surface area contributed by atoms with Gasteiger partial charge in [0.1, 0.15) is 18.1 Å². The zero-order valence-corrected chi connectivity index (χ0v) is 27.0. The van der Waals surface area contributed by atoms with Gasteiger partial charge in [-0.2, -0.15) is 0 Å². The number of benzene rings is 4. The molecule has 0 saturated heterocycles. The van der Waals surface area contributed by atoms with Crippen LogP contribution >= 0.6 is 27.3 Å². The highest BCUT2D eigenvalue weighted by molar-refractivity contribution is 9.10. The van der Waals surface area contributed by atoms with Crippen LogP contribution in [0.3, 0.4) is 0 Å². The molecule has 5 aromatic rings. The van der Waals surface area contributed by atoms with E-state index in [4.69, 9.17) is 19.2 Å². The number of para-hydroxylation sites is 1. The van der Waals surface area contributed by atoms with Gasteiger partial charge >= 0.3 is 5.97 Å². The zero-order chi connectivity index (χ0) is 31.3. The number of hydrogen-bond donors (Lipinski definition) is 0. The van der Waals surface area contributed by atoms with E-state index in [2.05, 4.69) is 15.9 Å². The highest BCUT2D eigenvalue weighted by Crippen LogP contribution is 2.35. The van der Waals surface area contributed by atoms with Crippen LogP contribution in [0.25, 0.3) is 11.8 Å². The Morgan fingerprint density at radius 3 is 2.38 bits per heavy atom. The molecule has 1 aliphatic rings. The molecule has 0 unspecified atom stereocenters. The first-order valence-corrected chi connectivity index (χ1v) is 16.0. The maximum absolute atomic E-state index is 14.3. The molecule has 9 heteroatoms. The number of esters is 1. The van der Waals surface area contributed by atoms with Crippen molar-refractivity contribution < 1.29 is 19.0 Å². The molecule has 1 aromatic heterocycles. The van der Waals surface area contributed by atoms with Crippen molar-refractivity contribution in [2.45, 2.75) is 19.6 Å². The molecule has 45 heavy (non-hydrogen) atoms. The summed E-state index contributed by atoms with van der Waals surface area (Å²) in [5.74, 6) is 0.785. The van der Waals surface area contributed by atoms with Gasteiger partial charge in [0, 0.05) is 15.6 Å². The first kappa shape index (κ1) is 30.3. The molecule has 0 fully saturated rings. The fraction of sp³-hybridized carbons (Fsp3) is 0.139. The molecule has 0 spiro atoms. The van der Waals surface area contributed by atoms with Crippen LogP contribution < -0.4 is 24.4 Å². The largest absolute Gasteiger partial charge is 0.497 e. The fourth-order valence-electron chi connectivity index (χ4n) is 5.16. The average Bonchev–Trinajstić information content (AvgIpc) is 3.38. The van der Waals surface area contributed by atoms with Crippen molar-refractivity contribution in [1.82, 2.24) is 4.57 Å². The first-order chi connectivity index (χ1) is 22.0. The van der Waals surface area contributed by atoms with Crippen molar-refractivity contribution in [3.05, 3.63) is 155 Å². The van der Waals surface area contributed by atoms with Crippen LogP contribution in [0.1, 0.15) is 35.2 Å². The standard InChI is InChI=1S/C36H29BrN2O5S/c1-3-43-35(41)31-32(24-9-5-4-6-10-24)38-36-39(33(31)25-15-19-28(42-2)20-16-25)34(40)30(45-36)21-26-11-7-8-12-29(26)44-22-23-13-17-27(37)18-14-23/h4-21,33H,3,22H2,1-2H3/b30-21-/t33-/m0/s1. The van der Waals surface area contributed by atoms with Gasteiger partial charge in [0.25, 0.3) is 5.56 Å². The molecule has 0 radical (unpaired) electrons. The lowest BCUT2D eigenvalue weighted by Crippen LogP contribution is -2.40. The molecule has 1 atom stereocenters. The minimum absolute atomic E-state index is 0.182. The molecule has 0 amide bonds. The number of nitrogens with zero attached hydrogens (tertiary/aromatic N) is 2. The summed E-state index contributed by atoms with van der Waals surface area (Å²) in [6, 6.07) is 31.6. The smallest absolute Gasteiger partial charge is 0.338 e. The second-order valence-electron chi connectivity index (χ2n) is 10.2. The number of hydrogen-bond acceptors (Lipinski definition) is 7. The normalized spacial score (nSPS) is 14.5. The van der Waals surface area contributed by atoms with Crippen molar-refractivity contribution in [3.8, 4) is 11.5 Å². The van der Waals surface area contributed by atoms with E-state index in [0.29, 0.717) is 38.7 Å². The van der Waals surface area contributed by atoms with Gasteiger partial charge in [0.15, 0.2) is 4.80 Å². The molecule has 6 rings (SSSR count). The number of fused-ring (bicyclic) bond motifs is 1. The Kier molecular flexibility index (Phi) is 9.09. The summed E-state index contributed by atoms with van der Waals surface area (Å²) in [5.41, 5.74) is 3.76. The number of ether oxygens (including phenoxy) is 3. The Labute approximate surface area is 272 Å². The van der Waals surface area contributed by atoms with Gasteiger partial charge in [-0.15, -0.1) is 0 Å². The third kappa shape index (κ3) is 6.41. The van der Waals surface area contributed by atoms with E-state index in [1.54, 1.807) is 18.6 Å². The molecular weight excluding hydrogens is 652 g/mol. The van der Waals surface area contributed by atoms with E-state index in [1.165, 1.54) is 11.3 Å². The summed E-state index contributed by atoms with van der Waals surface area (Å²) in [5, 5.41) is 0. The van der Waals surface area contributed by atoms with E-state index < -0.39 is 12.0 Å². The third-order valence-electron chi connectivity index (χ3n) is 7.32. The molecule has 1 aliphatic heterocycles. The van der Waals surface area contributed by atoms with Crippen molar-refractivity contribution in [3.63, 3.8) is 0 Å². The van der Waals surface area contributed by atoms with E-state index >= 15 is 0 Å². The first-order valence-electron chi connectivity index (χ1n) is 14.4. The predicted octanol–water partition coefficient (Wildman–Crippen LogP) is 6.29. The van der Waals surface area contributed by atoms with Crippen LogP contribution in [0.15, 0.2) is 123 Å². The quantitative estimate of drug-likeness (QED) is 0.171. The van der Waals surface area contributed by atoms with Crippen molar-refractivity contribution in [2.75, 3.05) is 13.7 Å². The molecule has 0 saturated carbocycles. The number of carbonyl (C=O) groups excluding carboxylic acids is 1. The maximum Gasteiger partial charge on any atom is 0.338 e. The van der Waals surface area contributed by atoms with Crippen LogP contribution in [-0.2, 0) is 16.1 Å². The maximum atomic E-state index is 14.3. The summed E-state index contributed by atoms with van der Waals surface area (Å²) >= 11 is 4.73. The van der Waals surface area contributed by atoms with E-state index in [-0.39, 0.29) is 12.2 Å². The second kappa shape index (κ2) is 13.5. The Balaban J connectivity index is 1.51. The van der Waals surface area contributed by atoms with Crippen LogP contribution in [0.5, 0.6) is 11.5 Å². The Morgan fingerprint density at radius 1 is 0.956 bits per heavy atom. The third-order valence-corrected chi connectivity index (χ3v) is 8.83. The van der Waals surface area contributed by atoms with Gasteiger partial charge in [0.05, 0.1) is 35.6 Å². The van der Waals surface area contributed by atoms with E-state index in [0.717, 1.165) is 26.7 Å². The molecule has 4 aromatic carbocycles. The number of carbonyl (C=O) groups is 1. The number of aromatic nitrogens is 1. The average molecular weight is 682 g/mol. The van der Waals surface area contributed by atoms with Gasteiger partial charge < -0.3 is 14.2 Å². The lowest BCUT2D eigenvalue weighted by Gasteiger charge is -2.26. The summed E-state index contributed by atoms with van der Waals surface area (Å²) in [6.07, 6.45) is 1.82. The fourth-order valence-corrected chi connectivity index (χ4v) is 6.41. The lowest BCUT2D eigenvalue weighted by atomic mass is 9.93. The number of halogens is 1. The summed E-state index contributed by atoms with van der Waals surface area (Å²) in [4.78, 5) is 33.3. The van der Waals surface area contributed by atoms with Crippen molar-refractivity contribution in [1.29, 1.82) is 0 Å². The monoisotopic (exact) mass is 680 g/mol. The van der Waals surface area contributed by atoms with Gasteiger partial charge in [0.2, 0.25) is 0 Å². The number of rotatable bonds is 9. The minimum atomic E-state index is -0.771. The summed E-state index contributed by atoms with van der Waals surface area (Å²) in [7, 11) is 1.59. The molecule has 0 bridgehead atoms. The van der Waals surface area contributed by atoms with Gasteiger partial charge in [-0.1, -0.05) is 100 Å². The number of thiazole rings is 1. The highest BCUT2D eigenvalue weighted by atomic mass is 79.9. The van der Waals surface area contributed by atoms with Crippen LogP contribution in [0.2, 0.25) is 0 Å². The zero-order valence-electron chi connectivity index (χ0n) is 24.6. The Bertz CT molecular complexity index is 2050. The predicted molar refractivity (Wildman–Crippen MR) is 179 cm³/mol. The van der Waals surface area contributed by atoms with Crippen molar-refractivity contribution >= 4 is 45.0 Å². The van der Waals surface area contributed by atoms with Gasteiger partial charge in [-0.3, -0.25) is 9.36 Å². The molecular formula is C36H29BrN2O5S. The SMILES string of the molecule is CCOC(=O)C1=C(c2ccccc2)N=c2s/c(=C\c3ccccc3OCc3ccc(Br)cc3)c(=O)n2[C@H]1c1ccc(OC)cc1. The highest BCUT2D eigenvalue weighted by Gasteiger charge is 2.35. The van der Waals surface area contributed by atoms with E-state index in [9.17, 15) is 9.59 Å². The molecule has 226 valence electrons. The Morgan fingerprint density at radius 2 is 1.67 bits per heavy atom. The molecule has 2 heterocycles. The molecule has 0 N–H and O–H groups in total. The molecule has 0 aliphatic carbocycles. The van der Waals surface area contributed by atoms with E-state index in [1.807, 2.05) is 109 Å². The van der Waals surface area contributed by atoms with Crippen LogP contribution in [-0.4, -0.2) is 24.3 Å². The summed E-state index contributed by atoms with van der Waals surface area (Å²) in [6.45, 7) is 2.32. The topological polar surface area (TPSA) is 79.1 Å². The second-order valence-corrected chi connectivity index (χ2v) is 12.1. The Hall–Kier alpha value is -4.73. The molecule has 7 nitrogen and oxygen atoms in total. The number of methoxy groups -OCH3 is 1. The minimum Gasteiger partial charge on any atom is -0.497 e. The van der Waals surface area contributed by atoms with Gasteiger partial charge in [-0.25, -0.2) is 9.79 Å².